The third-order valence-corrected chi connectivity index (χ3v) is 3.78. The van der Waals surface area contributed by atoms with Gasteiger partial charge in [-0.25, -0.2) is 0 Å². The first kappa shape index (κ1) is 14.6. The molecule has 0 aliphatic carbocycles. The highest BCUT2D eigenvalue weighted by Crippen LogP contribution is 2.23. The van der Waals surface area contributed by atoms with Crippen molar-refractivity contribution in [3.8, 4) is 0 Å². The molecule has 0 saturated heterocycles. The van der Waals surface area contributed by atoms with Gasteiger partial charge in [0.2, 0.25) is 11.8 Å². The molecule has 1 aliphatic rings. The largest absolute Gasteiger partial charge is 0.327 e. The molecule has 4 heteroatoms. The van der Waals surface area contributed by atoms with E-state index in [2.05, 4.69) is 12.2 Å². The molecule has 0 spiro atoms. The molecule has 108 valence electrons. The molecule has 0 fully saturated rings. The van der Waals surface area contributed by atoms with E-state index in [1.165, 1.54) is 0 Å². The fourth-order valence-corrected chi connectivity index (χ4v) is 2.45. The number of rotatable bonds is 4. The summed E-state index contributed by atoms with van der Waals surface area (Å²) in [6.45, 7) is 4.41. The van der Waals surface area contributed by atoms with Crippen LogP contribution in [-0.4, -0.2) is 22.8 Å². The zero-order valence-corrected chi connectivity index (χ0v) is 12.2. The maximum absolute atomic E-state index is 12.3. The molecule has 1 aliphatic heterocycles. The van der Waals surface area contributed by atoms with Crippen LogP contribution in [0.15, 0.2) is 24.3 Å². The van der Waals surface area contributed by atoms with Crippen molar-refractivity contribution in [2.75, 3.05) is 5.32 Å². The summed E-state index contributed by atoms with van der Waals surface area (Å²) < 4.78 is 0. The Balaban J connectivity index is 2.15. The van der Waals surface area contributed by atoms with E-state index < -0.39 is 6.04 Å². The summed E-state index contributed by atoms with van der Waals surface area (Å²) in [5.74, 6) is -0.0448. The van der Waals surface area contributed by atoms with Crippen LogP contribution < -0.4 is 5.32 Å². The predicted octanol–water partition coefficient (Wildman–Crippen LogP) is 2.94. The van der Waals surface area contributed by atoms with E-state index in [1.54, 1.807) is 11.8 Å². The molecular weight excluding hydrogens is 252 g/mol. The van der Waals surface area contributed by atoms with Gasteiger partial charge in [0.05, 0.1) is 0 Å². The lowest BCUT2D eigenvalue weighted by molar-refractivity contribution is -0.138. The Bertz CT molecular complexity index is 499. The number of para-hydroxylation sites is 1. The molecule has 1 atom stereocenters. The molecule has 4 nitrogen and oxygen atoms in total. The van der Waals surface area contributed by atoms with E-state index in [0.29, 0.717) is 13.0 Å². The third kappa shape index (κ3) is 3.18. The van der Waals surface area contributed by atoms with E-state index in [1.807, 2.05) is 24.3 Å². The van der Waals surface area contributed by atoms with Gasteiger partial charge in [-0.1, -0.05) is 38.0 Å². The second-order valence-corrected chi connectivity index (χ2v) is 5.30. The van der Waals surface area contributed by atoms with Gasteiger partial charge in [-0.2, -0.15) is 0 Å². The Labute approximate surface area is 120 Å². The normalized spacial score (nSPS) is 18.2. The first-order chi connectivity index (χ1) is 9.63. The van der Waals surface area contributed by atoms with Crippen molar-refractivity contribution < 1.29 is 9.59 Å². The highest BCUT2D eigenvalue weighted by Gasteiger charge is 2.29. The number of carbonyl (C=O) groups excluding carboxylic acids is 2. The maximum Gasteiger partial charge on any atom is 0.246 e. The third-order valence-electron chi connectivity index (χ3n) is 3.78. The summed E-state index contributed by atoms with van der Waals surface area (Å²) >= 11 is 0. The molecule has 2 rings (SSSR count). The number of hydrogen-bond donors (Lipinski definition) is 1. The molecule has 1 aromatic rings. The summed E-state index contributed by atoms with van der Waals surface area (Å²) in [6, 6.07) is 7.24. The number of nitrogens with one attached hydrogen (secondary N) is 1. The minimum Gasteiger partial charge on any atom is -0.327 e. The summed E-state index contributed by atoms with van der Waals surface area (Å²) in [5.41, 5.74) is 1.81. The Kier molecular flexibility index (Phi) is 4.77. The molecule has 1 N–H and O–H groups in total. The topological polar surface area (TPSA) is 49.4 Å². The van der Waals surface area contributed by atoms with Gasteiger partial charge in [0.25, 0.3) is 0 Å². The summed E-state index contributed by atoms with van der Waals surface area (Å²) in [4.78, 5) is 26.1. The van der Waals surface area contributed by atoms with Crippen LogP contribution >= 0.6 is 0 Å². The van der Waals surface area contributed by atoms with Crippen molar-refractivity contribution in [3.63, 3.8) is 0 Å². The van der Waals surface area contributed by atoms with Crippen LogP contribution in [-0.2, 0) is 16.1 Å². The van der Waals surface area contributed by atoms with E-state index >= 15 is 0 Å². The van der Waals surface area contributed by atoms with Gasteiger partial charge < -0.3 is 10.2 Å². The Morgan fingerprint density at radius 3 is 2.85 bits per heavy atom. The molecule has 1 unspecified atom stereocenters. The van der Waals surface area contributed by atoms with Crippen molar-refractivity contribution >= 4 is 17.5 Å². The number of benzene rings is 1. The lowest BCUT2D eigenvalue weighted by atomic mass is 10.1. The quantitative estimate of drug-likeness (QED) is 0.858. The monoisotopic (exact) mass is 274 g/mol. The van der Waals surface area contributed by atoms with Crippen molar-refractivity contribution in [2.45, 2.75) is 52.1 Å². The molecule has 20 heavy (non-hydrogen) atoms. The molecule has 0 bridgehead atoms. The number of anilines is 1. The van der Waals surface area contributed by atoms with Crippen LogP contribution in [0.3, 0.4) is 0 Å². The fraction of sp³-hybridized carbons (Fsp3) is 0.500. The Morgan fingerprint density at radius 2 is 2.10 bits per heavy atom. The van der Waals surface area contributed by atoms with Gasteiger partial charge in [0.1, 0.15) is 6.04 Å². The zero-order chi connectivity index (χ0) is 14.5. The number of amides is 2. The van der Waals surface area contributed by atoms with Crippen LogP contribution in [0.4, 0.5) is 5.69 Å². The number of nitrogens with zero attached hydrogens (tertiary/aromatic N) is 1. The summed E-state index contributed by atoms with van der Waals surface area (Å²) in [5, 5.41) is 2.89. The van der Waals surface area contributed by atoms with E-state index in [0.717, 1.165) is 30.5 Å². The van der Waals surface area contributed by atoms with Crippen LogP contribution in [0.2, 0.25) is 0 Å². The highest BCUT2D eigenvalue weighted by atomic mass is 16.2. The van der Waals surface area contributed by atoms with Crippen molar-refractivity contribution in [2.24, 2.45) is 0 Å². The SMILES string of the molecule is CCCCCC(=O)N1Cc2ccccc2NC(=O)C1C. The summed E-state index contributed by atoms with van der Waals surface area (Å²) in [6.07, 6.45) is 3.55. The lowest BCUT2D eigenvalue weighted by Crippen LogP contribution is -2.43. The predicted molar refractivity (Wildman–Crippen MR) is 79.2 cm³/mol. The Morgan fingerprint density at radius 1 is 1.35 bits per heavy atom. The van der Waals surface area contributed by atoms with Gasteiger partial charge in [-0.3, -0.25) is 9.59 Å². The molecule has 1 aromatic carbocycles. The van der Waals surface area contributed by atoms with Crippen LogP contribution in [0.5, 0.6) is 0 Å². The standard InChI is InChI=1S/C16H22N2O2/c1-3-4-5-10-15(19)18-11-13-8-6-7-9-14(13)17-16(20)12(18)2/h6-9,12H,3-5,10-11H2,1-2H3,(H,17,20). The first-order valence-electron chi connectivity index (χ1n) is 7.31. The fourth-order valence-electron chi connectivity index (χ4n) is 2.45. The lowest BCUT2D eigenvalue weighted by Gasteiger charge is -2.25. The molecule has 0 aromatic heterocycles. The van der Waals surface area contributed by atoms with Gasteiger partial charge in [0.15, 0.2) is 0 Å². The number of fused-ring (bicyclic) bond motifs is 1. The first-order valence-corrected chi connectivity index (χ1v) is 7.31. The van der Waals surface area contributed by atoms with Crippen molar-refractivity contribution in [1.82, 2.24) is 4.90 Å². The minimum absolute atomic E-state index is 0.0674. The average molecular weight is 274 g/mol. The number of hydrogen-bond acceptors (Lipinski definition) is 2. The van der Waals surface area contributed by atoms with E-state index in [-0.39, 0.29) is 11.8 Å². The summed E-state index contributed by atoms with van der Waals surface area (Å²) in [7, 11) is 0. The van der Waals surface area contributed by atoms with Crippen LogP contribution in [0.1, 0.15) is 45.1 Å². The van der Waals surface area contributed by atoms with Gasteiger partial charge in [-0.15, -0.1) is 0 Å². The number of carbonyl (C=O) groups is 2. The molecular formula is C16H22N2O2. The van der Waals surface area contributed by atoms with Gasteiger partial charge in [-0.05, 0) is 25.0 Å². The smallest absolute Gasteiger partial charge is 0.246 e. The Hall–Kier alpha value is -1.84. The van der Waals surface area contributed by atoms with Gasteiger partial charge >= 0.3 is 0 Å². The molecule has 0 radical (unpaired) electrons. The average Bonchev–Trinajstić information content (AvgIpc) is 2.57. The maximum atomic E-state index is 12.3. The minimum atomic E-state index is -0.420. The number of unbranched alkanes of at least 4 members (excludes halogenated alkanes) is 2. The second-order valence-electron chi connectivity index (χ2n) is 5.30. The molecule has 2 amide bonds. The van der Waals surface area contributed by atoms with Crippen molar-refractivity contribution in [1.29, 1.82) is 0 Å². The van der Waals surface area contributed by atoms with E-state index in [9.17, 15) is 9.59 Å². The molecule has 1 heterocycles. The zero-order valence-electron chi connectivity index (χ0n) is 12.2. The second kappa shape index (κ2) is 6.55. The highest BCUT2D eigenvalue weighted by molar-refractivity contribution is 5.98. The van der Waals surface area contributed by atoms with Gasteiger partial charge in [0, 0.05) is 18.7 Å². The van der Waals surface area contributed by atoms with E-state index in [4.69, 9.17) is 0 Å². The molecule has 0 saturated carbocycles. The van der Waals surface area contributed by atoms with Crippen LogP contribution in [0, 0.1) is 0 Å². The van der Waals surface area contributed by atoms with Crippen LogP contribution in [0.25, 0.3) is 0 Å². The van der Waals surface area contributed by atoms with Crippen molar-refractivity contribution in [3.05, 3.63) is 29.8 Å².